The lowest BCUT2D eigenvalue weighted by atomic mass is 9.75. The number of carbonyl (C=O) groups excluding carboxylic acids is 2. The van der Waals surface area contributed by atoms with E-state index in [1.807, 2.05) is 43.3 Å². The number of hydrogen-bond acceptors (Lipinski definition) is 6. The van der Waals surface area contributed by atoms with Crippen molar-refractivity contribution in [3.8, 4) is 11.5 Å². The van der Waals surface area contributed by atoms with E-state index in [4.69, 9.17) is 14.2 Å². The van der Waals surface area contributed by atoms with Crippen LogP contribution in [0.15, 0.2) is 71.1 Å². The molecule has 0 unspecified atom stereocenters. The van der Waals surface area contributed by atoms with Gasteiger partial charge in [-0.3, -0.25) is 4.79 Å². The Bertz CT molecular complexity index is 1120. The van der Waals surface area contributed by atoms with Crippen LogP contribution in [0, 0.1) is 0 Å². The van der Waals surface area contributed by atoms with Crippen LogP contribution in [0.5, 0.6) is 11.5 Å². The van der Waals surface area contributed by atoms with Crippen molar-refractivity contribution in [3.05, 3.63) is 82.2 Å². The van der Waals surface area contributed by atoms with Crippen molar-refractivity contribution in [1.82, 2.24) is 5.32 Å². The number of Topliss-reactive ketones (excluding diaryl/α,β-unsaturated/α-hetero) is 1. The summed E-state index contributed by atoms with van der Waals surface area (Å²) in [6.07, 6.45) is 2.62. The van der Waals surface area contributed by atoms with Crippen molar-refractivity contribution in [2.45, 2.75) is 38.5 Å². The van der Waals surface area contributed by atoms with E-state index >= 15 is 0 Å². The number of nitrogens with one attached hydrogen (secondary N) is 1. The van der Waals surface area contributed by atoms with Crippen LogP contribution in [0.25, 0.3) is 0 Å². The van der Waals surface area contributed by atoms with E-state index in [9.17, 15) is 9.59 Å². The van der Waals surface area contributed by atoms with Crippen molar-refractivity contribution in [2.75, 3.05) is 20.8 Å². The Morgan fingerprint density at radius 3 is 2.58 bits per heavy atom. The molecule has 0 fully saturated rings. The zero-order chi connectivity index (χ0) is 23.4. The van der Waals surface area contributed by atoms with Gasteiger partial charge in [0.05, 0.1) is 32.3 Å². The van der Waals surface area contributed by atoms with Gasteiger partial charge in [0.25, 0.3) is 0 Å². The smallest absolute Gasteiger partial charge is 0.336 e. The summed E-state index contributed by atoms with van der Waals surface area (Å²) < 4.78 is 16.8. The minimum Gasteiger partial charge on any atom is -0.497 e. The van der Waals surface area contributed by atoms with Gasteiger partial charge >= 0.3 is 5.97 Å². The van der Waals surface area contributed by atoms with Crippen LogP contribution in [0.1, 0.15) is 43.2 Å². The molecule has 2 aromatic rings. The number of ether oxygens (including phenoxy) is 3. The first kappa shape index (κ1) is 22.6. The number of esters is 1. The zero-order valence-corrected chi connectivity index (χ0v) is 19.3. The average Bonchev–Trinajstić information content (AvgIpc) is 2.83. The lowest BCUT2D eigenvalue weighted by Crippen LogP contribution is -2.34. The first-order chi connectivity index (χ1) is 16.0. The fourth-order valence-electron chi connectivity index (χ4n) is 4.61. The molecule has 4 rings (SSSR count). The average molecular weight is 448 g/mol. The maximum Gasteiger partial charge on any atom is 0.336 e. The Kier molecular flexibility index (Phi) is 6.82. The summed E-state index contributed by atoms with van der Waals surface area (Å²) in [6.45, 7) is 2.11. The molecule has 2 aromatic carbocycles. The Balaban J connectivity index is 1.71. The summed E-state index contributed by atoms with van der Waals surface area (Å²) in [5.74, 6) is 0.249. The van der Waals surface area contributed by atoms with Crippen molar-refractivity contribution >= 4 is 11.8 Å². The molecule has 1 aliphatic heterocycles. The molecule has 2 aliphatic rings. The van der Waals surface area contributed by atoms with Crippen LogP contribution in [-0.2, 0) is 20.7 Å². The Hall–Kier alpha value is -3.54. The van der Waals surface area contributed by atoms with Crippen LogP contribution in [0.2, 0.25) is 0 Å². The number of benzene rings is 2. The summed E-state index contributed by atoms with van der Waals surface area (Å²) in [7, 11) is 3.17. The van der Waals surface area contributed by atoms with Gasteiger partial charge in [-0.2, -0.15) is 0 Å². The molecular weight excluding hydrogens is 418 g/mol. The van der Waals surface area contributed by atoms with Crippen LogP contribution in [0.3, 0.4) is 0 Å². The number of rotatable bonds is 7. The molecule has 1 atom stereocenters. The molecule has 172 valence electrons. The number of hydrogen-bond donors (Lipinski definition) is 1. The molecule has 0 amide bonds. The van der Waals surface area contributed by atoms with Crippen LogP contribution in [0.4, 0.5) is 0 Å². The summed E-state index contributed by atoms with van der Waals surface area (Å²) in [5, 5.41) is 3.32. The van der Waals surface area contributed by atoms with Crippen LogP contribution < -0.4 is 14.8 Å². The SMILES string of the molecule is COc1ccc(OC)c([C@H]2C(C(=O)OCCc3ccccc3)=C(C)NC3=C2C(=O)CCC3)c1. The Labute approximate surface area is 194 Å². The molecule has 0 aromatic heterocycles. The molecule has 33 heavy (non-hydrogen) atoms. The molecular formula is C27H29NO5. The van der Waals surface area contributed by atoms with E-state index in [2.05, 4.69) is 5.32 Å². The lowest BCUT2D eigenvalue weighted by molar-refractivity contribution is -0.139. The second kappa shape index (κ2) is 9.94. The second-order valence-electron chi connectivity index (χ2n) is 8.25. The van der Waals surface area contributed by atoms with Crippen molar-refractivity contribution in [2.24, 2.45) is 0 Å². The Morgan fingerprint density at radius 1 is 1.06 bits per heavy atom. The van der Waals surface area contributed by atoms with Gasteiger partial charge in [0.2, 0.25) is 0 Å². The van der Waals surface area contributed by atoms with E-state index in [1.165, 1.54) is 0 Å². The highest BCUT2D eigenvalue weighted by atomic mass is 16.5. The molecule has 0 saturated carbocycles. The summed E-state index contributed by atoms with van der Waals surface area (Å²) in [5.41, 5.74) is 4.44. The number of carbonyl (C=O) groups is 2. The molecule has 0 saturated heterocycles. The van der Waals surface area contributed by atoms with Crippen molar-refractivity contribution in [3.63, 3.8) is 0 Å². The first-order valence-electron chi connectivity index (χ1n) is 11.2. The summed E-state index contributed by atoms with van der Waals surface area (Å²) in [4.78, 5) is 26.5. The van der Waals surface area contributed by atoms with Gasteiger partial charge < -0.3 is 19.5 Å². The normalized spacial score (nSPS) is 17.9. The van der Waals surface area contributed by atoms with Gasteiger partial charge in [0.1, 0.15) is 11.5 Å². The van der Waals surface area contributed by atoms with Gasteiger partial charge in [0.15, 0.2) is 5.78 Å². The standard InChI is InChI=1S/C27H29NO5/c1-17-24(27(30)33-15-14-18-8-5-4-6-9-18)25(26-21(28-17)10-7-11-22(26)29)20-16-19(31-2)12-13-23(20)32-3/h4-6,8-9,12-13,16,25,28H,7,10-11,14-15H2,1-3H3/t25-/m0/s1. The van der Waals surface area contributed by atoms with Gasteiger partial charge in [-0.05, 0) is 43.5 Å². The zero-order valence-electron chi connectivity index (χ0n) is 19.3. The van der Waals surface area contributed by atoms with Crippen molar-refractivity contribution < 1.29 is 23.8 Å². The van der Waals surface area contributed by atoms with E-state index in [-0.39, 0.29) is 12.4 Å². The number of dihydropyridines is 1. The molecule has 6 heteroatoms. The summed E-state index contributed by atoms with van der Waals surface area (Å²) in [6, 6.07) is 15.3. The monoisotopic (exact) mass is 447 g/mol. The van der Waals surface area contributed by atoms with Gasteiger partial charge in [-0.15, -0.1) is 0 Å². The predicted octanol–water partition coefficient (Wildman–Crippen LogP) is 4.46. The number of ketones is 1. The van der Waals surface area contributed by atoms with E-state index in [1.54, 1.807) is 26.4 Å². The molecule has 1 heterocycles. The minimum atomic E-state index is -0.580. The van der Waals surface area contributed by atoms with E-state index in [0.717, 1.165) is 29.7 Å². The molecule has 0 radical (unpaired) electrons. The molecule has 6 nitrogen and oxygen atoms in total. The molecule has 0 spiro atoms. The van der Waals surface area contributed by atoms with Gasteiger partial charge in [-0.1, -0.05) is 30.3 Å². The minimum absolute atomic E-state index is 0.0423. The van der Waals surface area contributed by atoms with Crippen molar-refractivity contribution in [1.29, 1.82) is 0 Å². The highest BCUT2D eigenvalue weighted by Crippen LogP contribution is 2.46. The molecule has 1 aliphatic carbocycles. The largest absolute Gasteiger partial charge is 0.497 e. The highest BCUT2D eigenvalue weighted by molar-refractivity contribution is 6.04. The van der Waals surface area contributed by atoms with Crippen LogP contribution >= 0.6 is 0 Å². The number of allylic oxidation sites excluding steroid dienone is 3. The Morgan fingerprint density at radius 2 is 1.85 bits per heavy atom. The third-order valence-electron chi connectivity index (χ3n) is 6.21. The summed E-state index contributed by atoms with van der Waals surface area (Å²) >= 11 is 0. The fraction of sp³-hybridized carbons (Fsp3) is 0.333. The first-order valence-corrected chi connectivity index (χ1v) is 11.2. The molecule has 0 bridgehead atoms. The lowest BCUT2D eigenvalue weighted by Gasteiger charge is -2.34. The topological polar surface area (TPSA) is 73.9 Å². The third kappa shape index (κ3) is 4.65. The van der Waals surface area contributed by atoms with Gasteiger partial charge in [0, 0.05) is 35.4 Å². The van der Waals surface area contributed by atoms with E-state index in [0.29, 0.717) is 41.2 Å². The quantitative estimate of drug-likeness (QED) is 0.632. The second-order valence-corrected chi connectivity index (χ2v) is 8.25. The third-order valence-corrected chi connectivity index (χ3v) is 6.21. The van der Waals surface area contributed by atoms with Gasteiger partial charge in [-0.25, -0.2) is 4.79 Å². The molecule has 1 N–H and O–H groups in total. The maximum atomic E-state index is 13.4. The highest BCUT2D eigenvalue weighted by Gasteiger charge is 2.40. The maximum absolute atomic E-state index is 13.4. The number of methoxy groups -OCH3 is 2. The van der Waals surface area contributed by atoms with Crippen LogP contribution in [-0.4, -0.2) is 32.6 Å². The van der Waals surface area contributed by atoms with E-state index < -0.39 is 11.9 Å². The fourth-order valence-corrected chi connectivity index (χ4v) is 4.61. The predicted molar refractivity (Wildman–Crippen MR) is 125 cm³/mol.